The van der Waals surface area contributed by atoms with Gasteiger partial charge in [0.15, 0.2) is 0 Å². The highest BCUT2D eigenvalue weighted by molar-refractivity contribution is 5.95. The zero-order chi connectivity index (χ0) is 40.2. The molecule has 0 spiro atoms. The molecule has 0 aromatic heterocycles. The summed E-state index contributed by atoms with van der Waals surface area (Å²) in [7, 11) is 1.56. The van der Waals surface area contributed by atoms with Crippen LogP contribution in [0.25, 0.3) is 0 Å². The first-order chi connectivity index (χ1) is 25.6. The zero-order valence-electron chi connectivity index (χ0n) is 32.4. The zero-order valence-corrected chi connectivity index (χ0v) is 32.4. The van der Waals surface area contributed by atoms with E-state index in [-0.39, 0.29) is 95.5 Å². The molecule has 0 saturated carbocycles. The van der Waals surface area contributed by atoms with E-state index < -0.39 is 30.0 Å². The number of carbonyl (C=O) groups is 6. The smallest absolute Gasteiger partial charge is 0.409 e. The van der Waals surface area contributed by atoms with Gasteiger partial charge in [0.2, 0.25) is 23.6 Å². The molecule has 0 radical (unpaired) electrons. The standard InChI is InChI=1S/C37H58N6O11/c1-25(2)31-22-27(5)43(35(31)48)15-18-52-20-21-53-36(49)40-33(26(3)4)34(47)38-23-32(46)39-30-10-8-29(9-11-30)24-54-37(50)41(7)12-13-42(28(6)45)14-17-51-19-16-44/h8-11,25-26,31,33,44H,5,12-24H2,1-4,6-7H3,(H,38,47)(H,39,46)(H,40,49). The van der Waals surface area contributed by atoms with Crippen LogP contribution in [0.2, 0.25) is 0 Å². The Morgan fingerprint density at radius 2 is 1.63 bits per heavy atom. The van der Waals surface area contributed by atoms with Gasteiger partial charge in [-0.3, -0.25) is 19.2 Å². The minimum atomic E-state index is -0.960. The molecular formula is C37H58N6O11. The Bertz CT molecular complexity index is 1400. The molecule has 17 nitrogen and oxygen atoms in total. The van der Waals surface area contributed by atoms with Gasteiger partial charge in [0, 0.05) is 57.5 Å². The summed E-state index contributed by atoms with van der Waals surface area (Å²) in [4.78, 5) is 79.1. The normalized spacial score (nSPS) is 14.5. The van der Waals surface area contributed by atoms with Crippen LogP contribution in [0.3, 0.4) is 0 Å². The topological polar surface area (TPSA) is 205 Å². The molecule has 1 aromatic rings. The number of rotatable bonds is 23. The highest BCUT2D eigenvalue weighted by Crippen LogP contribution is 2.31. The number of benzene rings is 1. The lowest BCUT2D eigenvalue weighted by molar-refractivity contribution is -0.132. The first-order valence-electron chi connectivity index (χ1n) is 18.1. The van der Waals surface area contributed by atoms with Crippen molar-refractivity contribution in [3.63, 3.8) is 0 Å². The fourth-order valence-electron chi connectivity index (χ4n) is 5.30. The number of carbonyl (C=O) groups excluding carboxylic acids is 6. The number of aliphatic hydroxyl groups is 1. The number of likely N-dealkylation sites (N-methyl/N-ethyl adjacent to an activating group) is 1. The maximum atomic E-state index is 12.8. The monoisotopic (exact) mass is 762 g/mol. The molecule has 4 N–H and O–H groups in total. The predicted octanol–water partition coefficient (Wildman–Crippen LogP) is 1.95. The van der Waals surface area contributed by atoms with Crippen LogP contribution in [0, 0.1) is 17.8 Å². The van der Waals surface area contributed by atoms with Crippen LogP contribution in [0.15, 0.2) is 36.5 Å². The third-order valence-corrected chi connectivity index (χ3v) is 8.59. The van der Waals surface area contributed by atoms with Gasteiger partial charge in [-0.25, -0.2) is 9.59 Å². The van der Waals surface area contributed by atoms with E-state index >= 15 is 0 Å². The molecule has 1 fully saturated rings. The summed E-state index contributed by atoms with van der Waals surface area (Å²) in [5.41, 5.74) is 1.90. The highest BCUT2D eigenvalue weighted by Gasteiger charge is 2.36. The van der Waals surface area contributed by atoms with Crippen molar-refractivity contribution in [2.24, 2.45) is 17.8 Å². The van der Waals surface area contributed by atoms with E-state index in [0.717, 1.165) is 5.70 Å². The van der Waals surface area contributed by atoms with Crippen LogP contribution >= 0.6 is 0 Å². The number of likely N-dealkylation sites (tertiary alicyclic amines) is 1. The second-order valence-electron chi connectivity index (χ2n) is 13.5. The van der Waals surface area contributed by atoms with Crippen molar-refractivity contribution in [1.82, 2.24) is 25.3 Å². The van der Waals surface area contributed by atoms with Crippen molar-refractivity contribution in [2.75, 3.05) is 84.7 Å². The number of amides is 6. The van der Waals surface area contributed by atoms with Crippen molar-refractivity contribution in [1.29, 1.82) is 0 Å². The van der Waals surface area contributed by atoms with Gasteiger partial charge in [-0.2, -0.15) is 0 Å². The quantitative estimate of drug-likeness (QED) is 0.119. The van der Waals surface area contributed by atoms with E-state index in [9.17, 15) is 28.8 Å². The first kappa shape index (κ1) is 45.4. The lowest BCUT2D eigenvalue weighted by Gasteiger charge is -2.24. The maximum Gasteiger partial charge on any atom is 0.409 e. The predicted molar refractivity (Wildman–Crippen MR) is 199 cm³/mol. The molecule has 1 aliphatic heterocycles. The van der Waals surface area contributed by atoms with E-state index in [0.29, 0.717) is 30.8 Å². The molecule has 2 unspecified atom stereocenters. The van der Waals surface area contributed by atoms with Gasteiger partial charge in [-0.15, -0.1) is 0 Å². The summed E-state index contributed by atoms with van der Waals surface area (Å²) >= 11 is 0. The number of nitrogens with zero attached hydrogens (tertiary/aromatic N) is 3. The second kappa shape index (κ2) is 23.8. The SMILES string of the molecule is C=C1CC(C(C)C)C(=O)N1CCOCCOC(=O)NC(C(=O)NCC(=O)Nc1ccc(COC(=O)N(C)CCN(CCOCCO)C(C)=O)cc1)C(C)C. The molecule has 0 bridgehead atoms. The van der Waals surface area contributed by atoms with Crippen LogP contribution < -0.4 is 16.0 Å². The van der Waals surface area contributed by atoms with Gasteiger partial charge in [0.05, 0.1) is 39.6 Å². The molecule has 302 valence electrons. The summed E-state index contributed by atoms with van der Waals surface area (Å²) in [6.07, 6.45) is -0.744. The summed E-state index contributed by atoms with van der Waals surface area (Å²) in [6, 6.07) is 5.64. The Balaban J connectivity index is 1.67. The molecule has 0 aliphatic carbocycles. The summed E-state index contributed by atoms with van der Waals surface area (Å²) in [6.45, 7) is 14.4. The Morgan fingerprint density at radius 3 is 2.24 bits per heavy atom. The number of hydrogen-bond acceptors (Lipinski definition) is 11. The summed E-state index contributed by atoms with van der Waals surface area (Å²) in [5.74, 6) is -1.31. The fourth-order valence-corrected chi connectivity index (χ4v) is 5.30. The van der Waals surface area contributed by atoms with Crippen molar-refractivity contribution in [3.8, 4) is 0 Å². The summed E-state index contributed by atoms with van der Waals surface area (Å²) in [5, 5.41) is 16.5. The minimum Gasteiger partial charge on any atom is -0.447 e. The Labute approximate surface area is 317 Å². The molecule has 2 rings (SSSR count). The Hall–Kier alpha value is -4.74. The molecule has 54 heavy (non-hydrogen) atoms. The van der Waals surface area contributed by atoms with Crippen molar-refractivity contribution < 1.29 is 52.8 Å². The average Bonchev–Trinajstić information content (AvgIpc) is 3.42. The van der Waals surface area contributed by atoms with Crippen molar-refractivity contribution >= 4 is 41.5 Å². The molecule has 1 aliphatic rings. The third-order valence-electron chi connectivity index (χ3n) is 8.59. The van der Waals surface area contributed by atoms with Gasteiger partial charge in [-0.05, 0) is 36.0 Å². The van der Waals surface area contributed by atoms with Gasteiger partial charge in [0.1, 0.15) is 19.3 Å². The van der Waals surface area contributed by atoms with Crippen LogP contribution in [0.5, 0.6) is 0 Å². The molecule has 1 heterocycles. The largest absolute Gasteiger partial charge is 0.447 e. The van der Waals surface area contributed by atoms with Gasteiger partial charge >= 0.3 is 12.2 Å². The number of allylic oxidation sites excluding steroid dienone is 1. The lowest BCUT2D eigenvalue weighted by Crippen LogP contribution is -2.51. The Morgan fingerprint density at radius 1 is 0.944 bits per heavy atom. The van der Waals surface area contributed by atoms with Crippen LogP contribution in [-0.2, 0) is 44.7 Å². The van der Waals surface area contributed by atoms with E-state index in [4.69, 9.17) is 24.1 Å². The van der Waals surface area contributed by atoms with Crippen LogP contribution in [0.4, 0.5) is 15.3 Å². The molecule has 2 atom stereocenters. The maximum absolute atomic E-state index is 12.8. The number of nitrogens with one attached hydrogen (secondary N) is 3. The van der Waals surface area contributed by atoms with E-state index in [2.05, 4.69) is 22.5 Å². The molecule has 6 amide bonds. The van der Waals surface area contributed by atoms with Crippen molar-refractivity contribution in [3.05, 3.63) is 42.1 Å². The van der Waals surface area contributed by atoms with Gasteiger partial charge < -0.3 is 54.7 Å². The first-order valence-corrected chi connectivity index (χ1v) is 18.1. The van der Waals surface area contributed by atoms with E-state index in [1.165, 1.54) is 16.7 Å². The Kier molecular flexibility index (Phi) is 20.0. The molecule has 17 heteroatoms. The second-order valence-corrected chi connectivity index (χ2v) is 13.5. The van der Waals surface area contributed by atoms with Crippen molar-refractivity contribution in [2.45, 2.75) is 53.7 Å². The fraction of sp³-hybridized carbons (Fsp3) is 0.622. The number of anilines is 1. The lowest BCUT2D eigenvalue weighted by atomic mass is 9.94. The number of alkyl carbamates (subject to hydrolysis) is 1. The molecule has 1 aromatic carbocycles. The van der Waals surface area contributed by atoms with Crippen LogP contribution in [-0.4, -0.2) is 141 Å². The van der Waals surface area contributed by atoms with Crippen LogP contribution in [0.1, 0.15) is 46.6 Å². The van der Waals surface area contributed by atoms with Gasteiger partial charge in [0.25, 0.3) is 0 Å². The van der Waals surface area contributed by atoms with E-state index in [1.54, 1.807) is 50.1 Å². The minimum absolute atomic E-state index is 0.0196. The highest BCUT2D eigenvalue weighted by atomic mass is 16.6. The molecular weight excluding hydrogens is 704 g/mol. The van der Waals surface area contributed by atoms with E-state index in [1.807, 2.05) is 13.8 Å². The van der Waals surface area contributed by atoms with Gasteiger partial charge in [-0.1, -0.05) is 46.4 Å². The third kappa shape index (κ3) is 16.1. The number of hydrogen-bond donors (Lipinski definition) is 4. The molecule has 1 saturated heterocycles. The summed E-state index contributed by atoms with van der Waals surface area (Å²) < 4.78 is 21.2. The number of aliphatic hydroxyl groups excluding tert-OH is 1. The average molecular weight is 763 g/mol. The number of ether oxygens (including phenoxy) is 4.